The summed E-state index contributed by atoms with van der Waals surface area (Å²) in [6, 6.07) is 2.16. The Morgan fingerprint density at radius 3 is 2.82 bits per heavy atom. The number of hydrogen-bond donors (Lipinski definition) is 1. The molecule has 4 heteroatoms. The third-order valence-corrected chi connectivity index (χ3v) is 2.88. The minimum absolute atomic E-state index is 0.116. The van der Waals surface area contributed by atoms with Crippen molar-refractivity contribution in [3.8, 4) is 0 Å². The molecule has 0 saturated carbocycles. The molecule has 0 aromatic carbocycles. The van der Waals surface area contributed by atoms with Crippen LogP contribution in [0.2, 0.25) is 0 Å². The molecule has 96 valence electrons. The van der Waals surface area contributed by atoms with Gasteiger partial charge in [0, 0.05) is 45.5 Å². The standard InChI is InChI=1S/C13H23N3O/c1-4-5-12(14)11-6-8-16(10-11)9-7-13(17)15(2)3/h6,8,10,12H,4-5,7,9,14H2,1-3H3. The quantitative estimate of drug-likeness (QED) is 0.819. The van der Waals surface area contributed by atoms with Crippen molar-refractivity contribution in [2.75, 3.05) is 14.1 Å². The van der Waals surface area contributed by atoms with Crippen LogP contribution in [0.3, 0.4) is 0 Å². The summed E-state index contributed by atoms with van der Waals surface area (Å²) in [5.74, 6) is 0.151. The highest BCUT2D eigenvalue weighted by Gasteiger charge is 2.08. The molecule has 1 aromatic rings. The van der Waals surface area contributed by atoms with E-state index >= 15 is 0 Å². The van der Waals surface area contributed by atoms with Crippen LogP contribution in [0.25, 0.3) is 0 Å². The largest absolute Gasteiger partial charge is 0.353 e. The van der Waals surface area contributed by atoms with Crippen LogP contribution in [0, 0.1) is 0 Å². The highest BCUT2D eigenvalue weighted by Crippen LogP contribution is 2.16. The minimum atomic E-state index is 0.116. The van der Waals surface area contributed by atoms with E-state index in [9.17, 15) is 4.79 Å². The first kappa shape index (κ1) is 13.8. The summed E-state index contributed by atoms with van der Waals surface area (Å²) in [5, 5.41) is 0. The zero-order valence-corrected chi connectivity index (χ0v) is 11.0. The first-order valence-electron chi connectivity index (χ1n) is 6.16. The highest BCUT2D eigenvalue weighted by molar-refractivity contribution is 5.75. The topological polar surface area (TPSA) is 51.3 Å². The maximum absolute atomic E-state index is 11.4. The van der Waals surface area contributed by atoms with Crippen molar-refractivity contribution in [2.45, 2.75) is 38.8 Å². The van der Waals surface area contributed by atoms with Crippen molar-refractivity contribution < 1.29 is 4.79 Å². The van der Waals surface area contributed by atoms with E-state index in [4.69, 9.17) is 5.73 Å². The van der Waals surface area contributed by atoms with Crippen molar-refractivity contribution in [3.05, 3.63) is 24.0 Å². The van der Waals surface area contributed by atoms with E-state index in [1.165, 1.54) is 0 Å². The Morgan fingerprint density at radius 1 is 1.53 bits per heavy atom. The molecule has 0 aliphatic carbocycles. The van der Waals surface area contributed by atoms with Gasteiger partial charge < -0.3 is 15.2 Å². The number of aryl methyl sites for hydroxylation is 1. The molecule has 1 rings (SSSR count). The van der Waals surface area contributed by atoms with Gasteiger partial charge in [-0.05, 0) is 18.1 Å². The predicted octanol–water partition coefficient (Wildman–Crippen LogP) is 1.77. The zero-order chi connectivity index (χ0) is 12.8. The normalized spacial score (nSPS) is 12.5. The summed E-state index contributed by atoms with van der Waals surface area (Å²) in [6.45, 7) is 2.85. The molecule has 0 fully saturated rings. The van der Waals surface area contributed by atoms with Crippen molar-refractivity contribution in [3.63, 3.8) is 0 Å². The molecular weight excluding hydrogens is 214 g/mol. The average molecular weight is 237 g/mol. The number of carbonyl (C=O) groups is 1. The van der Waals surface area contributed by atoms with E-state index in [1.54, 1.807) is 19.0 Å². The average Bonchev–Trinajstić information content (AvgIpc) is 2.74. The van der Waals surface area contributed by atoms with Crippen LogP contribution in [0.4, 0.5) is 0 Å². The summed E-state index contributed by atoms with van der Waals surface area (Å²) >= 11 is 0. The fraction of sp³-hybridized carbons (Fsp3) is 0.615. The van der Waals surface area contributed by atoms with Gasteiger partial charge in [0.1, 0.15) is 0 Å². The summed E-state index contributed by atoms with van der Waals surface area (Å²) in [5.41, 5.74) is 7.19. The second-order valence-electron chi connectivity index (χ2n) is 4.62. The van der Waals surface area contributed by atoms with Gasteiger partial charge in [-0.2, -0.15) is 0 Å². The van der Waals surface area contributed by atoms with Crippen molar-refractivity contribution in [1.29, 1.82) is 0 Å². The van der Waals surface area contributed by atoms with E-state index in [-0.39, 0.29) is 11.9 Å². The Bertz CT molecular complexity index is 357. The van der Waals surface area contributed by atoms with E-state index in [2.05, 4.69) is 6.92 Å². The third kappa shape index (κ3) is 4.23. The molecule has 2 N–H and O–H groups in total. The molecule has 0 spiro atoms. The maximum Gasteiger partial charge on any atom is 0.223 e. The fourth-order valence-corrected chi connectivity index (χ4v) is 1.74. The van der Waals surface area contributed by atoms with Gasteiger partial charge in [-0.25, -0.2) is 0 Å². The van der Waals surface area contributed by atoms with Gasteiger partial charge in [0.05, 0.1) is 0 Å². The molecule has 1 heterocycles. The summed E-state index contributed by atoms with van der Waals surface area (Å²) in [7, 11) is 3.56. The molecule has 1 amide bonds. The first-order chi connectivity index (χ1) is 8.04. The number of aromatic nitrogens is 1. The third-order valence-electron chi connectivity index (χ3n) is 2.88. The molecule has 0 aliphatic heterocycles. The number of rotatable bonds is 6. The van der Waals surface area contributed by atoms with Crippen LogP contribution >= 0.6 is 0 Å². The molecule has 17 heavy (non-hydrogen) atoms. The Labute approximate surface area is 103 Å². The zero-order valence-electron chi connectivity index (χ0n) is 11.0. The summed E-state index contributed by atoms with van der Waals surface area (Å²) in [4.78, 5) is 13.1. The number of hydrogen-bond acceptors (Lipinski definition) is 2. The van der Waals surface area contributed by atoms with Crippen LogP contribution in [-0.2, 0) is 11.3 Å². The molecule has 0 aliphatic rings. The highest BCUT2D eigenvalue weighted by atomic mass is 16.2. The van der Waals surface area contributed by atoms with E-state index in [0.29, 0.717) is 6.42 Å². The van der Waals surface area contributed by atoms with Gasteiger partial charge in [0.15, 0.2) is 0 Å². The smallest absolute Gasteiger partial charge is 0.223 e. The first-order valence-corrected chi connectivity index (χ1v) is 6.16. The van der Waals surface area contributed by atoms with Gasteiger partial charge in [-0.15, -0.1) is 0 Å². The minimum Gasteiger partial charge on any atom is -0.353 e. The monoisotopic (exact) mass is 237 g/mol. The van der Waals surface area contributed by atoms with Crippen molar-refractivity contribution in [1.82, 2.24) is 9.47 Å². The lowest BCUT2D eigenvalue weighted by Gasteiger charge is -2.10. The molecule has 0 bridgehead atoms. The van der Waals surface area contributed by atoms with Gasteiger partial charge in [0.2, 0.25) is 5.91 Å². The van der Waals surface area contributed by atoms with Crippen LogP contribution in [0.15, 0.2) is 18.5 Å². The van der Waals surface area contributed by atoms with Gasteiger partial charge in [-0.3, -0.25) is 4.79 Å². The summed E-state index contributed by atoms with van der Waals surface area (Å²) < 4.78 is 2.03. The van der Waals surface area contributed by atoms with E-state index < -0.39 is 0 Å². The lowest BCUT2D eigenvalue weighted by Crippen LogP contribution is -2.22. The number of amides is 1. The van der Waals surface area contributed by atoms with Crippen molar-refractivity contribution in [2.24, 2.45) is 5.73 Å². The lowest BCUT2D eigenvalue weighted by molar-refractivity contribution is -0.128. The Hall–Kier alpha value is -1.29. The number of nitrogens with two attached hydrogens (primary N) is 1. The summed E-state index contributed by atoms with van der Waals surface area (Å²) in [6.07, 6.45) is 6.66. The Morgan fingerprint density at radius 2 is 2.24 bits per heavy atom. The predicted molar refractivity (Wildman–Crippen MR) is 69.6 cm³/mol. The van der Waals surface area contributed by atoms with E-state index in [1.807, 2.05) is 23.0 Å². The second kappa shape index (κ2) is 6.45. The van der Waals surface area contributed by atoms with E-state index in [0.717, 1.165) is 24.9 Å². The molecular formula is C13H23N3O. The van der Waals surface area contributed by atoms with Crippen LogP contribution in [0.1, 0.15) is 37.8 Å². The van der Waals surface area contributed by atoms with Gasteiger partial charge in [-0.1, -0.05) is 13.3 Å². The van der Waals surface area contributed by atoms with Crippen molar-refractivity contribution >= 4 is 5.91 Å². The van der Waals surface area contributed by atoms with Gasteiger partial charge >= 0.3 is 0 Å². The molecule has 0 radical (unpaired) electrons. The number of carbonyl (C=O) groups excluding carboxylic acids is 1. The van der Waals surface area contributed by atoms with Crippen LogP contribution in [-0.4, -0.2) is 29.5 Å². The molecule has 1 atom stereocenters. The molecule has 0 saturated heterocycles. The molecule has 1 aromatic heterocycles. The fourth-order valence-electron chi connectivity index (χ4n) is 1.74. The van der Waals surface area contributed by atoms with Crippen LogP contribution in [0.5, 0.6) is 0 Å². The van der Waals surface area contributed by atoms with Gasteiger partial charge in [0.25, 0.3) is 0 Å². The molecule has 1 unspecified atom stereocenters. The Kier molecular flexibility index (Phi) is 5.22. The SMILES string of the molecule is CCCC(N)c1ccn(CCC(=O)N(C)C)c1. The number of nitrogens with zero attached hydrogens (tertiary/aromatic N) is 2. The molecule has 4 nitrogen and oxygen atoms in total. The Balaban J connectivity index is 2.48. The van der Waals surface area contributed by atoms with Crippen LogP contribution < -0.4 is 5.73 Å². The second-order valence-corrected chi connectivity index (χ2v) is 4.62. The maximum atomic E-state index is 11.4. The lowest BCUT2D eigenvalue weighted by atomic mass is 10.1.